The smallest absolute Gasteiger partial charge is 0.273 e. The van der Waals surface area contributed by atoms with E-state index in [-0.39, 0.29) is 5.91 Å². The number of amides is 1. The zero-order chi connectivity index (χ0) is 14.6. The molecule has 1 aromatic rings. The van der Waals surface area contributed by atoms with E-state index in [0.29, 0.717) is 16.9 Å². The second-order valence-electron chi connectivity index (χ2n) is 5.60. The highest BCUT2D eigenvalue weighted by molar-refractivity contribution is 5.91. The van der Waals surface area contributed by atoms with Crippen molar-refractivity contribution in [1.82, 2.24) is 15.1 Å². The average Bonchev–Trinajstić information content (AvgIpc) is 3.23. The topological polar surface area (TPSA) is 67.3 Å². The van der Waals surface area contributed by atoms with Crippen molar-refractivity contribution in [3.8, 4) is 0 Å². The van der Waals surface area contributed by atoms with Gasteiger partial charge in [-0.15, -0.1) is 10.2 Å². The van der Waals surface area contributed by atoms with Gasteiger partial charge in [0, 0.05) is 34.4 Å². The lowest BCUT2D eigenvalue weighted by molar-refractivity contribution is 0.0821. The molecule has 0 spiro atoms. The average molecular weight is 278 g/mol. The van der Waals surface area contributed by atoms with Crippen LogP contribution in [0.3, 0.4) is 0 Å². The second kappa shape index (κ2) is 6.17. The number of anilines is 1. The molecule has 110 valence electrons. The Morgan fingerprint density at radius 3 is 2.65 bits per heavy atom. The van der Waals surface area contributed by atoms with Crippen LogP contribution < -0.4 is 5.32 Å². The lowest BCUT2D eigenvalue weighted by atomic mass is 10.0. The molecule has 6 nitrogen and oxygen atoms in total. The Balaban J connectivity index is 1.87. The Bertz CT molecular complexity index is 455. The molecule has 0 aliphatic heterocycles. The van der Waals surface area contributed by atoms with Gasteiger partial charge in [-0.25, -0.2) is 0 Å². The minimum Gasteiger partial charge on any atom is -0.385 e. The van der Waals surface area contributed by atoms with E-state index in [4.69, 9.17) is 4.74 Å². The summed E-state index contributed by atoms with van der Waals surface area (Å²) in [7, 11) is 5.13. The maximum absolute atomic E-state index is 11.7. The summed E-state index contributed by atoms with van der Waals surface area (Å²) in [5, 5.41) is 11.3. The molecule has 0 radical (unpaired) electrons. The number of rotatable bonds is 7. The van der Waals surface area contributed by atoms with E-state index in [2.05, 4.69) is 15.5 Å². The summed E-state index contributed by atoms with van der Waals surface area (Å²) in [6, 6.07) is 3.50. The highest BCUT2D eigenvalue weighted by atomic mass is 16.5. The van der Waals surface area contributed by atoms with E-state index in [1.807, 2.05) is 0 Å². The van der Waals surface area contributed by atoms with Gasteiger partial charge in [0.25, 0.3) is 5.91 Å². The van der Waals surface area contributed by atoms with Crippen molar-refractivity contribution in [1.29, 1.82) is 0 Å². The molecule has 1 saturated carbocycles. The quantitative estimate of drug-likeness (QED) is 0.816. The molecule has 1 amide bonds. The number of hydrogen-bond acceptors (Lipinski definition) is 5. The molecule has 2 rings (SSSR count). The van der Waals surface area contributed by atoms with Crippen LogP contribution in [0, 0.1) is 5.41 Å². The number of aromatic nitrogens is 2. The molecule has 0 bridgehead atoms. The first-order valence-electron chi connectivity index (χ1n) is 6.84. The molecule has 20 heavy (non-hydrogen) atoms. The van der Waals surface area contributed by atoms with Crippen molar-refractivity contribution >= 4 is 11.7 Å². The molecular weight excluding hydrogens is 256 g/mol. The van der Waals surface area contributed by atoms with E-state index in [1.54, 1.807) is 33.3 Å². The second-order valence-corrected chi connectivity index (χ2v) is 5.60. The Hall–Kier alpha value is -1.69. The summed E-state index contributed by atoms with van der Waals surface area (Å²) in [4.78, 5) is 13.2. The number of hydrogen-bond donors (Lipinski definition) is 1. The summed E-state index contributed by atoms with van der Waals surface area (Å²) in [6.07, 6.45) is 3.53. The third kappa shape index (κ3) is 3.66. The molecule has 0 saturated heterocycles. The summed E-state index contributed by atoms with van der Waals surface area (Å²) >= 11 is 0. The van der Waals surface area contributed by atoms with Crippen LogP contribution in [0.4, 0.5) is 5.82 Å². The summed E-state index contributed by atoms with van der Waals surface area (Å²) < 4.78 is 5.14. The number of ether oxygens (including phenoxy) is 1. The minimum absolute atomic E-state index is 0.136. The van der Waals surface area contributed by atoms with Gasteiger partial charge in [-0.1, -0.05) is 0 Å². The maximum atomic E-state index is 11.7. The van der Waals surface area contributed by atoms with Gasteiger partial charge in [0.15, 0.2) is 5.69 Å². The van der Waals surface area contributed by atoms with Crippen LogP contribution >= 0.6 is 0 Å². The fourth-order valence-corrected chi connectivity index (χ4v) is 2.06. The van der Waals surface area contributed by atoms with Crippen molar-refractivity contribution < 1.29 is 9.53 Å². The Kier molecular flexibility index (Phi) is 4.54. The fraction of sp³-hybridized carbons (Fsp3) is 0.643. The van der Waals surface area contributed by atoms with Crippen molar-refractivity contribution in [2.75, 3.05) is 39.7 Å². The van der Waals surface area contributed by atoms with E-state index < -0.39 is 0 Å². The summed E-state index contributed by atoms with van der Waals surface area (Å²) in [6.45, 7) is 1.68. The van der Waals surface area contributed by atoms with E-state index in [0.717, 1.165) is 19.6 Å². The van der Waals surface area contributed by atoms with E-state index in [1.165, 1.54) is 17.7 Å². The molecular formula is C14H22N4O2. The molecule has 1 heterocycles. The minimum atomic E-state index is -0.136. The van der Waals surface area contributed by atoms with Crippen LogP contribution in [0.15, 0.2) is 12.1 Å². The van der Waals surface area contributed by atoms with Gasteiger partial charge in [0.05, 0.1) is 0 Å². The number of methoxy groups -OCH3 is 1. The molecule has 0 aromatic carbocycles. The predicted molar refractivity (Wildman–Crippen MR) is 76.7 cm³/mol. The molecule has 1 N–H and O–H groups in total. The van der Waals surface area contributed by atoms with Crippen molar-refractivity contribution in [2.45, 2.75) is 19.3 Å². The van der Waals surface area contributed by atoms with Crippen LogP contribution in [-0.4, -0.2) is 55.4 Å². The van der Waals surface area contributed by atoms with E-state index in [9.17, 15) is 4.79 Å². The van der Waals surface area contributed by atoms with Crippen LogP contribution in [0.1, 0.15) is 29.8 Å². The maximum Gasteiger partial charge on any atom is 0.273 e. The summed E-state index contributed by atoms with van der Waals surface area (Å²) in [5.41, 5.74) is 0.719. The molecule has 0 atom stereocenters. The standard InChI is InChI=1S/C14H22N4O2/c1-18(2)13(19)11-4-5-12(17-16-11)15-10-14(6-7-14)8-9-20-3/h4-5H,6-10H2,1-3H3,(H,15,17). The Labute approximate surface area is 119 Å². The van der Waals surface area contributed by atoms with Gasteiger partial charge in [-0.2, -0.15) is 0 Å². The van der Waals surface area contributed by atoms with E-state index >= 15 is 0 Å². The van der Waals surface area contributed by atoms with Gasteiger partial charge in [0.1, 0.15) is 5.82 Å². The summed E-state index contributed by atoms with van der Waals surface area (Å²) in [5.74, 6) is 0.576. The van der Waals surface area contributed by atoms with Crippen LogP contribution in [-0.2, 0) is 4.74 Å². The number of nitrogens with one attached hydrogen (secondary N) is 1. The van der Waals surface area contributed by atoms with Crippen LogP contribution in [0.25, 0.3) is 0 Å². The predicted octanol–water partition coefficient (Wildman–Crippen LogP) is 1.41. The zero-order valence-corrected chi connectivity index (χ0v) is 12.3. The van der Waals surface area contributed by atoms with Crippen molar-refractivity contribution in [3.05, 3.63) is 17.8 Å². The fourth-order valence-electron chi connectivity index (χ4n) is 2.06. The Morgan fingerprint density at radius 1 is 1.40 bits per heavy atom. The molecule has 1 fully saturated rings. The van der Waals surface area contributed by atoms with Gasteiger partial charge in [-0.3, -0.25) is 4.79 Å². The molecule has 0 unspecified atom stereocenters. The van der Waals surface area contributed by atoms with Crippen molar-refractivity contribution in [2.24, 2.45) is 5.41 Å². The highest BCUT2D eigenvalue weighted by Crippen LogP contribution is 2.48. The lowest BCUT2D eigenvalue weighted by Gasteiger charge is -2.15. The third-order valence-electron chi connectivity index (χ3n) is 3.73. The molecule has 1 aromatic heterocycles. The lowest BCUT2D eigenvalue weighted by Crippen LogP contribution is -2.23. The number of carbonyl (C=O) groups excluding carboxylic acids is 1. The third-order valence-corrected chi connectivity index (χ3v) is 3.73. The van der Waals surface area contributed by atoms with Gasteiger partial charge in [0.2, 0.25) is 0 Å². The largest absolute Gasteiger partial charge is 0.385 e. The van der Waals surface area contributed by atoms with Crippen molar-refractivity contribution in [3.63, 3.8) is 0 Å². The highest BCUT2D eigenvalue weighted by Gasteiger charge is 2.41. The molecule has 1 aliphatic rings. The van der Waals surface area contributed by atoms with Gasteiger partial charge in [-0.05, 0) is 36.8 Å². The SMILES string of the molecule is COCCC1(CNc2ccc(C(=O)N(C)C)nn2)CC1. The molecule has 1 aliphatic carbocycles. The van der Waals surface area contributed by atoms with Gasteiger partial charge < -0.3 is 15.0 Å². The Morgan fingerprint density at radius 2 is 2.15 bits per heavy atom. The van der Waals surface area contributed by atoms with Gasteiger partial charge >= 0.3 is 0 Å². The monoisotopic (exact) mass is 278 g/mol. The molecule has 6 heteroatoms. The first-order valence-corrected chi connectivity index (χ1v) is 6.84. The number of nitrogens with zero attached hydrogens (tertiary/aromatic N) is 3. The first kappa shape index (κ1) is 14.7. The zero-order valence-electron chi connectivity index (χ0n) is 12.3. The van der Waals surface area contributed by atoms with Crippen LogP contribution in [0.5, 0.6) is 0 Å². The normalized spacial score (nSPS) is 15.8. The number of carbonyl (C=O) groups is 1. The van der Waals surface area contributed by atoms with Crippen LogP contribution in [0.2, 0.25) is 0 Å². The first-order chi connectivity index (χ1) is 9.56.